The molecule has 0 spiro atoms. The van der Waals surface area contributed by atoms with Gasteiger partial charge in [-0.1, -0.05) is 44.1 Å². The topological polar surface area (TPSA) is 23.6 Å². The lowest BCUT2D eigenvalue weighted by atomic mass is 9.97. The molecule has 0 radical (unpaired) electrons. The first kappa shape index (κ1) is 9.65. The Morgan fingerprint density at radius 1 is 1.14 bits per heavy atom. The minimum Gasteiger partial charge on any atom is -0.337 e. The van der Waals surface area contributed by atoms with Gasteiger partial charge >= 0.3 is 6.18 Å². The number of rotatable bonds is 8. The van der Waals surface area contributed by atoms with Gasteiger partial charge in [0.2, 0.25) is 5.91 Å². The normalized spacial score (nSPS) is 21.9. The first-order valence-electron chi connectivity index (χ1n) is 15.9. The van der Waals surface area contributed by atoms with Gasteiger partial charge in [0.15, 0.2) is 0 Å². The third-order valence-corrected chi connectivity index (χ3v) is 3.67. The number of likely N-dealkylation sites (N-methyl/N-ethyl adjacent to an activating group) is 1. The molecule has 0 N–H and O–H groups in total. The molecule has 0 aromatic heterocycles. The molecule has 0 atom stereocenters. The van der Waals surface area contributed by atoms with Crippen LogP contribution in [0.2, 0.25) is 0 Å². The summed E-state index contributed by atoms with van der Waals surface area (Å²) in [5, 5.41) is 0. The van der Waals surface area contributed by atoms with E-state index in [0.29, 0.717) is 26.0 Å². The summed E-state index contributed by atoms with van der Waals surface area (Å²) in [5.74, 6) is -2.05. The molecule has 2 rings (SSSR count). The molecule has 0 aliphatic rings. The molecule has 2 aromatic rings. The largest absolute Gasteiger partial charge is 0.416 e. The highest BCUT2D eigenvalue weighted by atomic mass is 19.4. The van der Waals surface area contributed by atoms with Gasteiger partial charge in [0, 0.05) is 37.3 Å². The van der Waals surface area contributed by atoms with Crippen molar-refractivity contribution in [2.24, 2.45) is 0 Å². The van der Waals surface area contributed by atoms with E-state index in [1.807, 2.05) is 0 Å². The summed E-state index contributed by atoms with van der Waals surface area (Å²) in [6.45, 7) is -18.1. The minimum atomic E-state index is -4.70. The number of halogens is 3. The van der Waals surface area contributed by atoms with Crippen molar-refractivity contribution in [3.05, 3.63) is 59.1 Å². The molecule has 0 aliphatic carbocycles. The van der Waals surface area contributed by atoms with E-state index in [0.717, 1.165) is 19.1 Å². The van der Waals surface area contributed by atoms with Crippen LogP contribution in [0, 0.1) is 6.92 Å². The number of nitrogens with zero attached hydrogens (tertiary/aromatic N) is 2. The molecular formula is C23H29F3N2O. The number of benzene rings is 2. The fourth-order valence-electron chi connectivity index (χ4n) is 2.24. The van der Waals surface area contributed by atoms with Gasteiger partial charge < -0.3 is 9.80 Å². The van der Waals surface area contributed by atoms with E-state index in [1.165, 1.54) is 0 Å². The van der Waals surface area contributed by atoms with E-state index in [9.17, 15) is 18.0 Å². The molecular weight excluding hydrogens is 377 g/mol. The highest BCUT2D eigenvalue weighted by Crippen LogP contribution is 2.32. The van der Waals surface area contributed by atoms with Crippen molar-refractivity contribution in [2.75, 3.05) is 26.0 Å². The molecule has 0 fully saturated rings. The van der Waals surface area contributed by atoms with Gasteiger partial charge in [-0.2, -0.15) is 13.2 Å². The van der Waals surface area contributed by atoms with Crippen LogP contribution in [0.3, 0.4) is 0 Å². The number of alkyl halides is 3. The molecule has 6 heteroatoms. The molecule has 0 saturated heterocycles. The summed E-state index contributed by atoms with van der Waals surface area (Å²) in [7, 11) is 0. The molecule has 0 saturated carbocycles. The quantitative estimate of drug-likeness (QED) is 0.572. The zero-order valence-electron chi connectivity index (χ0n) is 30.8. The minimum absolute atomic E-state index is 0.0717. The Morgan fingerprint density at radius 3 is 2.34 bits per heavy atom. The number of carbonyl (C=O) groups excluding carboxylic acids is 1. The van der Waals surface area contributed by atoms with Gasteiger partial charge in [0.25, 0.3) is 0 Å². The van der Waals surface area contributed by atoms with Crippen LogP contribution >= 0.6 is 0 Å². The van der Waals surface area contributed by atoms with Gasteiger partial charge in [-0.25, -0.2) is 0 Å². The summed E-state index contributed by atoms with van der Waals surface area (Å²) >= 11 is 0. The molecule has 158 valence electrons. The average molecular weight is 422 g/mol. The Hall–Kier alpha value is -2.34. The van der Waals surface area contributed by atoms with Crippen LogP contribution in [-0.4, -0.2) is 41.7 Å². The van der Waals surface area contributed by atoms with Gasteiger partial charge in [0.1, 0.15) is 0 Å². The van der Waals surface area contributed by atoms with E-state index >= 15 is 0 Å². The third-order valence-electron chi connectivity index (χ3n) is 3.67. The van der Waals surface area contributed by atoms with Crippen LogP contribution in [0.5, 0.6) is 0 Å². The lowest BCUT2D eigenvalue weighted by molar-refractivity contribution is -0.137. The number of amides is 1. The van der Waals surface area contributed by atoms with E-state index in [-0.39, 0.29) is 21.6 Å². The number of hydrogen-bond acceptors (Lipinski definition) is 2. The molecule has 0 aliphatic heterocycles. The summed E-state index contributed by atoms with van der Waals surface area (Å²) in [4.78, 5) is 12.2. The lowest BCUT2D eigenvalue weighted by Crippen LogP contribution is -2.37. The molecule has 2 aromatic carbocycles. The molecule has 0 unspecified atom stereocenters. The van der Waals surface area contributed by atoms with E-state index in [4.69, 9.17) is 20.6 Å². The van der Waals surface area contributed by atoms with Crippen molar-refractivity contribution in [3.63, 3.8) is 0 Å². The van der Waals surface area contributed by atoms with Crippen molar-refractivity contribution in [1.82, 2.24) is 9.80 Å². The summed E-state index contributed by atoms with van der Waals surface area (Å²) in [6, 6.07) is 0.303. The highest BCUT2D eigenvalue weighted by molar-refractivity contribution is 5.73. The van der Waals surface area contributed by atoms with Crippen molar-refractivity contribution < 1.29 is 38.5 Å². The Balaban J connectivity index is 2.94. The van der Waals surface area contributed by atoms with Crippen LogP contribution in [0.1, 0.15) is 58.0 Å². The van der Waals surface area contributed by atoms with Crippen molar-refractivity contribution in [2.45, 2.75) is 40.3 Å². The second-order valence-electron chi connectivity index (χ2n) is 5.62. The predicted octanol–water partition coefficient (Wildman–Crippen LogP) is 5.37. The monoisotopic (exact) mass is 421 g/mol. The van der Waals surface area contributed by atoms with Crippen LogP contribution in [-0.2, 0) is 17.5 Å². The maximum Gasteiger partial charge on any atom is 0.416 e. The lowest BCUT2D eigenvalue weighted by Gasteiger charge is -2.26. The molecule has 0 heterocycles. The fraction of sp³-hybridized carbons (Fsp3) is 0.435. The van der Waals surface area contributed by atoms with Crippen molar-refractivity contribution in [3.8, 4) is 11.1 Å². The zero-order chi connectivity index (χ0) is 34.8. The Morgan fingerprint density at radius 2 is 1.79 bits per heavy atom. The van der Waals surface area contributed by atoms with Crippen LogP contribution in [0.25, 0.3) is 11.1 Å². The van der Waals surface area contributed by atoms with Gasteiger partial charge in [-0.3, -0.25) is 4.79 Å². The first-order chi connectivity index (χ1) is 19.4. The third kappa shape index (κ3) is 6.32. The molecule has 0 bridgehead atoms. The van der Waals surface area contributed by atoms with E-state index < -0.39 is 85.6 Å². The summed E-state index contributed by atoms with van der Waals surface area (Å²) in [6.07, 6.45) is -4.70. The summed E-state index contributed by atoms with van der Waals surface area (Å²) in [5.41, 5.74) is -2.88. The predicted molar refractivity (Wildman–Crippen MR) is 110 cm³/mol. The van der Waals surface area contributed by atoms with Crippen LogP contribution in [0.15, 0.2) is 42.4 Å². The van der Waals surface area contributed by atoms with Crippen molar-refractivity contribution >= 4 is 5.91 Å². The van der Waals surface area contributed by atoms with Crippen LogP contribution < -0.4 is 0 Å². The Labute approximate surface area is 192 Å². The molecule has 29 heavy (non-hydrogen) atoms. The maximum absolute atomic E-state index is 13.1. The average Bonchev–Trinajstić information content (AvgIpc) is 2.80. The van der Waals surface area contributed by atoms with E-state index in [2.05, 4.69) is 0 Å². The van der Waals surface area contributed by atoms with Crippen LogP contribution in [0.4, 0.5) is 13.2 Å². The second kappa shape index (κ2) is 9.92. The zero-order valence-corrected chi connectivity index (χ0v) is 15.8. The number of hydrogen-bond donors (Lipinski definition) is 0. The molecule has 1 amide bonds. The smallest absolute Gasteiger partial charge is 0.337 e. The SMILES string of the molecule is [2H]c1c([2H])c(C([2H])([2H])N(C(=O)C([2H])[2H])C([2H])([2H])C([2H])([2H])N(C([2H])([2H])C)C([2H])([2H])C)c([2H])c(C)c1-c1ccc(C(F)(F)F)cc1. The fourth-order valence-corrected chi connectivity index (χ4v) is 2.24. The molecule has 3 nitrogen and oxygen atoms in total. The summed E-state index contributed by atoms with van der Waals surface area (Å²) < 4.78 is 163. The Bertz CT molecular complexity index is 1360. The van der Waals surface area contributed by atoms with E-state index in [1.54, 1.807) is 0 Å². The maximum atomic E-state index is 13.1. The first-order valence-corrected chi connectivity index (χ1v) is 8.22. The second-order valence-corrected chi connectivity index (χ2v) is 5.62. The Kier molecular flexibility index (Phi) is 3.30. The van der Waals surface area contributed by atoms with Gasteiger partial charge in [-0.15, -0.1) is 0 Å². The van der Waals surface area contributed by atoms with Gasteiger partial charge in [-0.05, 0) is 54.3 Å². The highest BCUT2D eigenvalue weighted by Gasteiger charge is 2.30. The number of carbonyl (C=O) groups is 1. The van der Waals surface area contributed by atoms with Crippen molar-refractivity contribution in [1.29, 1.82) is 0 Å². The standard InChI is InChI=1S/C23H29F3N2O/c1-5-27(6-2)13-14-28(18(4)29)16-19-7-12-22(17(3)15-19)20-8-10-21(11-9-20)23(24,25)26/h7-12,15H,5-6,13-14,16H2,1-4H3/i4D2,5D2,6D2,7D,12D,13D2,14D2,15D,16D2. The van der Waals surface area contributed by atoms with Gasteiger partial charge in [0.05, 0.1) is 15.2 Å².